The molecule has 1 atom stereocenters. The quantitative estimate of drug-likeness (QED) is 0.531. The molecule has 29 heavy (non-hydrogen) atoms. The van der Waals surface area contributed by atoms with Crippen molar-refractivity contribution >= 4 is 27.5 Å². The van der Waals surface area contributed by atoms with E-state index in [2.05, 4.69) is 4.98 Å². The summed E-state index contributed by atoms with van der Waals surface area (Å²) in [6, 6.07) is 16.9. The number of H-pyrrole nitrogens is 1. The van der Waals surface area contributed by atoms with E-state index < -0.39 is 23.2 Å². The Labute approximate surface area is 170 Å². The van der Waals surface area contributed by atoms with Crippen molar-refractivity contribution in [1.82, 2.24) is 9.55 Å². The number of carbonyl (C=O) groups is 1. The van der Waals surface area contributed by atoms with Crippen LogP contribution in [0.2, 0.25) is 0 Å². The number of aromatic amines is 1. The van der Waals surface area contributed by atoms with Gasteiger partial charge < -0.3 is 5.73 Å². The van der Waals surface area contributed by atoms with Crippen LogP contribution in [-0.4, -0.2) is 15.5 Å². The normalized spacial score (nSPS) is 12.2. The second kappa shape index (κ2) is 7.52. The number of hydrogen-bond acceptors (Lipinski definition) is 4. The lowest BCUT2D eigenvalue weighted by atomic mass is 10.0. The molecule has 0 aliphatic carbocycles. The number of thiophene rings is 1. The number of aromatic nitrogens is 2. The fourth-order valence-electron chi connectivity index (χ4n) is 3.51. The highest BCUT2D eigenvalue weighted by molar-refractivity contribution is 7.17. The van der Waals surface area contributed by atoms with Crippen LogP contribution in [0, 0.1) is 0 Å². The number of nitrogens with zero attached hydrogens (tertiary/aromatic N) is 1. The number of rotatable bonds is 5. The number of fused-ring (bicyclic) bond motifs is 1. The second-order valence-electron chi connectivity index (χ2n) is 6.73. The molecular weight excluding hydrogens is 386 g/mol. The topological polar surface area (TPSA) is 97.9 Å². The minimum Gasteiger partial charge on any atom is -0.368 e. The van der Waals surface area contributed by atoms with Gasteiger partial charge in [0.05, 0.1) is 5.39 Å². The van der Waals surface area contributed by atoms with Gasteiger partial charge in [0.15, 0.2) is 0 Å². The molecule has 0 fully saturated rings. The van der Waals surface area contributed by atoms with Crippen LogP contribution >= 0.6 is 11.3 Å². The zero-order valence-corrected chi connectivity index (χ0v) is 16.5. The van der Waals surface area contributed by atoms with Gasteiger partial charge in [-0.1, -0.05) is 61.5 Å². The highest BCUT2D eigenvalue weighted by Crippen LogP contribution is 2.32. The van der Waals surface area contributed by atoms with Crippen LogP contribution < -0.4 is 17.0 Å². The summed E-state index contributed by atoms with van der Waals surface area (Å²) in [5.74, 6) is -0.705. The van der Waals surface area contributed by atoms with Crippen molar-refractivity contribution in [2.75, 3.05) is 0 Å². The van der Waals surface area contributed by atoms with E-state index in [0.29, 0.717) is 10.2 Å². The van der Waals surface area contributed by atoms with Gasteiger partial charge in [-0.15, -0.1) is 11.3 Å². The molecule has 0 saturated carbocycles. The highest BCUT2D eigenvalue weighted by atomic mass is 32.1. The van der Waals surface area contributed by atoms with Crippen LogP contribution in [-0.2, 0) is 4.79 Å². The summed E-state index contributed by atoms with van der Waals surface area (Å²) in [5, 5.41) is 2.23. The Morgan fingerprint density at radius 1 is 1.03 bits per heavy atom. The van der Waals surface area contributed by atoms with Crippen molar-refractivity contribution in [1.29, 1.82) is 0 Å². The lowest BCUT2D eigenvalue weighted by Crippen LogP contribution is -2.42. The van der Waals surface area contributed by atoms with Crippen molar-refractivity contribution in [2.45, 2.75) is 19.4 Å². The van der Waals surface area contributed by atoms with Crippen LogP contribution in [0.25, 0.3) is 32.5 Å². The predicted molar refractivity (Wildman–Crippen MR) is 116 cm³/mol. The zero-order valence-electron chi connectivity index (χ0n) is 15.7. The number of primary amides is 1. The van der Waals surface area contributed by atoms with Gasteiger partial charge >= 0.3 is 5.69 Å². The Morgan fingerprint density at radius 2 is 1.66 bits per heavy atom. The van der Waals surface area contributed by atoms with Crippen molar-refractivity contribution in [3.8, 4) is 22.3 Å². The van der Waals surface area contributed by atoms with Crippen molar-refractivity contribution in [3.05, 3.63) is 80.8 Å². The van der Waals surface area contributed by atoms with Crippen molar-refractivity contribution in [3.63, 3.8) is 0 Å². The average Bonchev–Trinajstić information content (AvgIpc) is 3.15. The van der Waals surface area contributed by atoms with E-state index in [9.17, 15) is 14.4 Å². The standard InChI is InChI=1S/C22H19N3O3S/c1-2-17(19(23)26)25-21(27)18-16(12-29-20(18)24-22(25)28)15-10-8-14(9-11-15)13-6-4-3-5-7-13/h3-12,17H,2H2,1H3,(H2,23,26)(H,24,28). The lowest BCUT2D eigenvalue weighted by molar-refractivity contribution is -0.121. The largest absolute Gasteiger partial charge is 0.368 e. The van der Waals surface area contributed by atoms with Crippen molar-refractivity contribution < 1.29 is 4.79 Å². The highest BCUT2D eigenvalue weighted by Gasteiger charge is 2.23. The Morgan fingerprint density at radius 3 is 2.28 bits per heavy atom. The average molecular weight is 405 g/mol. The molecule has 146 valence electrons. The molecule has 0 radical (unpaired) electrons. The molecule has 1 amide bonds. The van der Waals surface area contributed by atoms with Gasteiger partial charge in [0.2, 0.25) is 5.91 Å². The van der Waals surface area contributed by atoms with E-state index >= 15 is 0 Å². The fourth-order valence-corrected chi connectivity index (χ4v) is 4.46. The van der Waals surface area contributed by atoms with Crippen LogP contribution in [0.1, 0.15) is 19.4 Å². The Bertz CT molecular complexity index is 1300. The lowest BCUT2D eigenvalue weighted by Gasteiger charge is -2.13. The summed E-state index contributed by atoms with van der Waals surface area (Å²) >= 11 is 1.29. The van der Waals surface area contributed by atoms with Crippen LogP contribution in [0.3, 0.4) is 0 Å². The van der Waals surface area contributed by atoms with Gasteiger partial charge in [-0.25, -0.2) is 9.36 Å². The zero-order chi connectivity index (χ0) is 20.5. The van der Waals surface area contributed by atoms with Crippen molar-refractivity contribution in [2.24, 2.45) is 5.73 Å². The molecule has 3 N–H and O–H groups in total. The summed E-state index contributed by atoms with van der Waals surface area (Å²) < 4.78 is 0.930. The number of carbonyl (C=O) groups excluding carboxylic acids is 1. The van der Waals surface area contributed by atoms with E-state index in [1.54, 1.807) is 6.92 Å². The van der Waals surface area contributed by atoms with Gasteiger partial charge in [0.1, 0.15) is 10.9 Å². The summed E-state index contributed by atoms with van der Waals surface area (Å²) in [6.45, 7) is 1.71. The first kappa shape index (κ1) is 18.9. The molecule has 0 spiro atoms. The third-order valence-corrected chi connectivity index (χ3v) is 5.89. The molecule has 1 unspecified atom stereocenters. The van der Waals surface area contributed by atoms with E-state index in [0.717, 1.165) is 26.8 Å². The maximum absolute atomic E-state index is 13.1. The Balaban J connectivity index is 1.86. The molecule has 2 heterocycles. The molecule has 4 aromatic rings. The number of benzene rings is 2. The number of nitrogens with two attached hydrogens (primary N) is 1. The fraction of sp³-hybridized carbons (Fsp3) is 0.136. The smallest absolute Gasteiger partial charge is 0.330 e. The summed E-state index contributed by atoms with van der Waals surface area (Å²) in [4.78, 5) is 40.5. The SMILES string of the molecule is CCC(C(N)=O)n1c(=O)[nH]c2scc(-c3ccc(-c4ccccc4)cc3)c2c1=O. The molecule has 0 aliphatic heterocycles. The van der Waals surface area contributed by atoms with E-state index in [-0.39, 0.29) is 6.42 Å². The first-order valence-electron chi connectivity index (χ1n) is 9.22. The van der Waals surface area contributed by atoms with Gasteiger partial charge in [0, 0.05) is 10.9 Å². The minimum absolute atomic E-state index is 0.259. The molecular formula is C22H19N3O3S. The monoisotopic (exact) mass is 405 g/mol. The first-order valence-corrected chi connectivity index (χ1v) is 10.1. The van der Waals surface area contributed by atoms with Crippen LogP contribution in [0.4, 0.5) is 0 Å². The summed E-state index contributed by atoms with van der Waals surface area (Å²) in [6.07, 6.45) is 0.259. The molecule has 2 aromatic carbocycles. The Kier molecular flexibility index (Phi) is 4.90. The third-order valence-electron chi connectivity index (χ3n) is 4.99. The summed E-state index contributed by atoms with van der Waals surface area (Å²) in [7, 11) is 0. The molecule has 0 bridgehead atoms. The predicted octanol–water partition coefficient (Wildman–Crippen LogP) is 3.52. The molecule has 0 saturated heterocycles. The van der Waals surface area contributed by atoms with Crippen LogP contribution in [0.15, 0.2) is 69.6 Å². The molecule has 2 aromatic heterocycles. The maximum Gasteiger partial charge on any atom is 0.330 e. The van der Waals surface area contributed by atoms with Crippen LogP contribution in [0.5, 0.6) is 0 Å². The number of nitrogens with one attached hydrogen (secondary N) is 1. The molecule has 4 rings (SSSR count). The second-order valence-corrected chi connectivity index (χ2v) is 7.61. The molecule has 7 heteroatoms. The third kappa shape index (κ3) is 3.30. The van der Waals surface area contributed by atoms with E-state index in [1.807, 2.05) is 60.0 Å². The minimum atomic E-state index is -0.983. The number of hydrogen-bond donors (Lipinski definition) is 2. The summed E-state index contributed by atoms with van der Waals surface area (Å²) in [5.41, 5.74) is 8.04. The molecule has 6 nitrogen and oxygen atoms in total. The van der Waals surface area contributed by atoms with Gasteiger partial charge in [-0.3, -0.25) is 14.6 Å². The number of amides is 1. The van der Waals surface area contributed by atoms with E-state index in [1.165, 1.54) is 11.3 Å². The van der Waals surface area contributed by atoms with Gasteiger partial charge in [0.25, 0.3) is 5.56 Å². The van der Waals surface area contributed by atoms with E-state index in [4.69, 9.17) is 5.73 Å². The van der Waals surface area contributed by atoms with Gasteiger partial charge in [-0.05, 0) is 23.1 Å². The molecule has 0 aliphatic rings. The first-order chi connectivity index (χ1) is 14.0. The maximum atomic E-state index is 13.1. The Hall–Kier alpha value is -3.45. The van der Waals surface area contributed by atoms with Gasteiger partial charge in [-0.2, -0.15) is 0 Å².